The first-order chi connectivity index (χ1) is 14.1. The van der Waals surface area contributed by atoms with Gasteiger partial charge in [-0.05, 0) is 49.6 Å². The van der Waals surface area contributed by atoms with Crippen LogP contribution in [-0.2, 0) is 6.54 Å². The molecule has 1 heterocycles. The standard InChI is InChI=1S/C23H31FN4O/c1-18(29-22-6-4-3-5-7-22)16-26-23(25-2)27-21-12-14-28(15-13-21)17-19-8-10-20(24)11-9-19/h3-11,18,21H,12-17H2,1-2H3,(H2,25,26,27). The molecule has 5 nitrogen and oxygen atoms in total. The number of para-hydroxylation sites is 1. The predicted molar refractivity (Wildman–Crippen MR) is 116 cm³/mol. The summed E-state index contributed by atoms with van der Waals surface area (Å²) in [7, 11) is 1.79. The van der Waals surface area contributed by atoms with Gasteiger partial charge in [-0.2, -0.15) is 0 Å². The molecule has 0 radical (unpaired) electrons. The summed E-state index contributed by atoms with van der Waals surface area (Å²) in [6.45, 7) is 5.62. The van der Waals surface area contributed by atoms with Crippen LogP contribution in [-0.4, -0.2) is 49.7 Å². The van der Waals surface area contributed by atoms with Gasteiger partial charge in [0.25, 0.3) is 0 Å². The van der Waals surface area contributed by atoms with Gasteiger partial charge in [0.1, 0.15) is 17.7 Å². The van der Waals surface area contributed by atoms with Gasteiger partial charge in [-0.1, -0.05) is 30.3 Å². The highest BCUT2D eigenvalue weighted by Gasteiger charge is 2.20. The Morgan fingerprint density at radius 3 is 2.48 bits per heavy atom. The fourth-order valence-corrected chi connectivity index (χ4v) is 3.48. The van der Waals surface area contributed by atoms with Crippen molar-refractivity contribution in [2.24, 2.45) is 4.99 Å². The number of nitrogens with zero attached hydrogens (tertiary/aromatic N) is 2. The maximum Gasteiger partial charge on any atom is 0.191 e. The van der Waals surface area contributed by atoms with Gasteiger partial charge in [0.05, 0.1) is 6.54 Å². The van der Waals surface area contributed by atoms with Gasteiger partial charge in [-0.25, -0.2) is 4.39 Å². The topological polar surface area (TPSA) is 48.9 Å². The average Bonchev–Trinajstić information content (AvgIpc) is 2.74. The number of rotatable bonds is 7. The summed E-state index contributed by atoms with van der Waals surface area (Å²) in [5.41, 5.74) is 1.16. The van der Waals surface area contributed by atoms with E-state index in [2.05, 4.69) is 20.5 Å². The SMILES string of the molecule is CN=C(NCC(C)Oc1ccccc1)NC1CCN(Cc2ccc(F)cc2)CC1. The van der Waals surface area contributed by atoms with Gasteiger partial charge in [-0.15, -0.1) is 0 Å². The van der Waals surface area contributed by atoms with Crippen LogP contribution in [0.4, 0.5) is 4.39 Å². The van der Waals surface area contributed by atoms with Crippen LogP contribution in [0.1, 0.15) is 25.3 Å². The largest absolute Gasteiger partial charge is 0.489 e. The van der Waals surface area contributed by atoms with Crippen LogP contribution in [0.25, 0.3) is 0 Å². The van der Waals surface area contributed by atoms with Crippen LogP contribution < -0.4 is 15.4 Å². The molecule has 2 aromatic carbocycles. The van der Waals surface area contributed by atoms with Crippen LogP contribution in [0.15, 0.2) is 59.6 Å². The molecule has 1 aliphatic heterocycles. The molecule has 1 unspecified atom stereocenters. The van der Waals surface area contributed by atoms with E-state index >= 15 is 0 Å². The number of piperidine rings is 1. The second-order valence-corrected chi connectivity index (χ2v) is 7.52. The van der Waals surface area contributed by atoms with Gasteiger partial charge in [0.15, 0.2) is 5.96 Å². The number of aliphatic imine (C=N–C) groups is 1. The lowest BCUT2D eigenvalue weighted by atomic mass is 10.0. The van der Waals surface area contributed by atoms with Crippen molar-refractivity contribution in [1.29, 1.82) is 0 Å². The molecule has 0 spiro atoms. The summed E-state index contributed by atoms with van der Waals surface area (Å²) in [6, 6.07) is 17.0. The van der Waals surface area contributed by atoms with Gasteiger partial charge >= 0.3 is 0 Å². The molecule has 0 bridgehead atoms. The van der Waals surface area contributed by atoms with E-state index < -0.39 is 0 Å². The summed E-state index contributed by atoms with van der Waals surface area (Å²) in [4.78, 5) is 6.76. The normalized spacial score (nSPS) is 17.0. The van der Waals surface area contributed by atoms with E-state index in [4.69, 9.17) is 4.74 Å². The quantitative estimate of drug-likeness (QED) is 0.554. The van der Waals surface area contributed by atoms with E-state index in [1.54, 1.807) is 7.05 Å². The summed E-state index contributed by atoms with van der Waals surface area (Å²) >= 11 is 0. The first-order valence-corrected chi connectivity index (χ1v) is 10.3. The molecule has 156 valence electrons. The minimum absolute atomic E-state index is 0.0357. The Morgan fingerprint density at radius 1 is 1.14 bits per heavy atom. The molecule has 0 amide bonds. The lowest BCUT2D eigenvalue weighted by Crippen LogP contribution is -2.49. The first-order valence-electron chi connectivity index (χ1n) is 10.3. The van der Waals surface area contributed by atoms with E-state index in [9.17, 15) is 4.39 Å². The van der Waals surface area contributed by atoms with E-state index in [0.717, 1.165) is 49.7 Å². The summed E-state index contributed by atoms with van der Waals surface area (Å²) in [6.07, 6.45) is 2.14. The zero-order valence-corrected chi connectivity index (χ0v) is 17.3. The summed E-state index contributed by atoms with van der Waals surface area (Å²) in [5.74, 6) is 1.50. The van der Waals surface area contributed by atoms with Gasteiger partial charge in [0.2, 0.25) is 0 Å². The summed E-state index contributed by atoms with van der Waals surface area (Å²) < 4.78 is 18.9. The third kappa shape index (κ3) is 7.06. The van der Waals surface area contributed by atoms with E-state index in [-0.39, 0.29) is 11.9 Å². The van der Waals surface area contributed by atoms with Crippen molar-refractivity contribution in [3.05, 3.63) is 66.0 Å². The van der Waals surface area contributed by atoms with Crippen molar-refractivity contribution in [1.82, 2.24) is 15.5 Å². The molecule has 3 rings (SSSR count). The van der Waals surface area contributed by atoms with Crippen molar-refractivity contribution in [2.45, 2.75) is 38.5 Å². The number of nitrogens with one attached hydrogen (secondary N) is 2. The molecule has 1 atom stereocenters. The molecule has 2 N–H and O–H groups in total. The molecule has 1 fully saturated rings. The number of halogens is 1. The number of hydrogen-bond acceptors (Lipinski definition) is 3. The molecule has 6 heteroatoms. The molecular formula is C23H31FN4O. The minimum atomic E-state index is -0.181. The number of hydrogen-bond donors (Lipinski definition) is 2. The minimum Gasteiger partial charge on any atom is -0.489 e. The zero-order valence-electron chi connectivity index (χ0n) is 17.3. The van der Waals surface area contributed by atoms with Crippen LogP contribution in [0.3, 0.4) is 0 Å². The monoisotopic (exact) mass is 398 g/mol. The van der Waals surface area contributed by atoms with Crippen molar-refractivity contribution in [3.63, 3.8) is 0 Å². The molecule has 1 saturated heterocycles. The number of ether oxygens (including phenoxy) is 1. The third-order valence-corrected chi connectivity index (χ3v) is 5.11. The lowest BCUT2D eigenvalue weighted by molar-refractivity contribution is 0.197. The predicted octanol–water partition coefficient (Wildman–Crippen LogP) is 3.42. The Labute approximate surface area is 173 Å². The zero-order chi connectivity index (χ0) is 20.5. The molecule has 29 heavy (non-hydrogen) atoms. The maximum atomic E-state index is 13.0. The van der Waals surface area contributed by atoms with E-state index in [1.165, 1.54) is 12.1 Å². The summed E-state index contributed by atoms with van der Waals surface area (Å²) in [5, 5.41) is 6.88. The van der Waals surface area contributed by atoms with Crippen LogP contribution in [0.5, 0.6) is 5.75 Å². The number of benzene rings is 2. The Balaban J connectivity index is 1.37. The smallest absolute Gasteiger partial charge is 0.191 e. The molecule has 0 aliphatic carbocycles. The van der Waals surface area contributed by atoms with E-state index in [0.29, 0.717) is 12.6 Å². The molecule has 0 saturated carbocycles. The Morgan fingerprint density at radius 2 is 1.83 bits per heavy atom. The maximum absolute atomic E-state index is 13.0. The highest BCUT2D eigenvalue weighted by Crippen LogP contribution is 2.14. The van der Waals surface area contributed by atoms with E-state index in [1.807, 2.05) is 49.4 Å². The number of likely N-dealkylation sites (tertiary alicyclic amines) is 1. The van der Waals surface area contributed by atoms with Crippen molar-refractivity contribution in [2.75, 3.05) is 26.7 Å². The van der Waals surface area contributed by atoms with Gasteiger partial charge in [-0.3, -0.25) is 9.89 Å². The second kappa shape index (κ2) is 10.8. The fraction of sp³-hybridized carbons (Fsp3) is 0.435. The highest BCUT2D eigenvalue weighted by atomic mass is 19.1. The Bertz CT molecular complexity index is 758. The molecule has 2 aromatic rings. The Hall–Kier alpha value is -2.60. The van der Waals surface area contributed by atoms with Crippen molar-refractivity contribution < 1.29 is 9.13 Å². The Kier molecular flexibility index (Phi) is 7.87. The van der Waals surface area contributed by atoms with Crippen LogP contribution in [0, 0.1) is 5.82 Å². The average molecular weight is 399 g/mol. The van der Waals surface area contributed by atoms with Gasteiger partial charge < -0.3 is 15.4 Å². The highest BCUT2D eigenvalue weighted by molar-refractivity contribution is 5.80. The van der Waals surface area contributed by atoms with Crippen LogP contribution in [0.2, 0.25) is 0 Å². The van der Waals surface area contributed by atoms with Crippen molar-refractivity contribution in [3.8, 4) is 5.75 Å². The number of guanidine groups is 1. The van der Waals surface area contributed by atoms with Gasteiger partial charge in [0, 0.05) is 32.7 Å². The van der Waals surface area contributed by atoms with Crippen LogP contribution >= 0.6 is 0 Å². The van der Waals surface area contributed by atoms with Crippen molar-refractivity contribution >= 4 is 5.96 Å². The molecule has 0 aromatic heterocycles. The second-order valence-electron chi connectivity index (χ2n) is 7.52. The molecular weight excluding hydrogens is 367 g/mol. The molecule has 1 aliphatic rings. The first kappa shape index (κ1) is 21.1. The third-order valence-electron chi connectivity index (χ3n) is 5.11. The lowest BCUT2D eigenvalue weighted by Gasteiger charge is -2.33. The fourth-order valence-electron chi connectivity index (χ4n) is 3.48.